The molecule has 2 N–H and O–H groups in total. The summed E-state index contributed by atoms with van der Waals surface area (Å²) < 4.78 is 28.7. The third-order valence-electron chi connectivity index (χ3n) is 4.73. The van der Waals surface area contributed by atoms with Crippen LogP contribution in [0, 0.1) is 11.6 Å². The molecule has 1 aliphatic rings. The summed E-state index contributed by atoms with van der Waals surface area (Å²) >= 11 is 0. The smallest absolute Gasteiger partial charge is 0.126 e. The first kappa shape index (κ1) is 17.1. The Labute approximate surface area is 141 Å². The van der Waals surface area contributed by atoms with Gasteiger partial charge in [0.15, 0.2) is 0 Å². The number of hydrogen-bond donors (Lipinski definition) is 2. The molecule has 0 amide bonds. The van der Waals surface area contributed by atoms with Crippen molar-refractivity contribution in [2.75, 3.05) is 6.54 Å². The van der Waals surface area contributed by atoms with Gasteiger partial charge in [-0.2, -0.15) is 0 Å². The number of halogens is 2. The van der Waals surface area contributed by atoms with Crippen molar-refractivity contribution in [3.05, 3.63) is 70.3 Å². The second kappa shape index (κ2) is 6.99. The van der Waals surface area contributed by atoms with E-state index < -0.39 is 12.0 Å². The van der Waals surface area contributed by atoms with Crippen LogP contribution in [0.5, 0.6) is 0 Å². The van der Waals surface area contributed by atoms with Gasteiger partial charge < -0.3 is 10.4 Å². The summed E-state index contributed by atoms with van der Waals surface area (Å²) in [5.74, 6) is -1.00. The fourth-order valence-electron chi connectivity index (χ4n) is 3.57. The van der Waals surface area contributed by atoms with Crippen LogP contribution in [0.4, 0.5) is 8.78 Å². The summed E-state index contributed by atoms with van der Waals surface area (Å²) in [6, 6.07) is 10.1. The van der Waals surface area contributed by atoms with E-state index in [0.717, 1.165) is 11.1 Å². The second-order valence-electron chi connectivity index (χ2n) is 6.72. The van der Waals surface area contributed by atoms with Crippen LogP contribution in [0.1, 0.15) is 42.0 Å². The van der Waals surface area contributed by atoms with Crippen molar-refractivity contribution in [2.45, 2.75) is 44.8 Å². The summed E-state index contributed by atoms with van der Waals surface area (Å²) in [5.41, 5.74) is 2.69. The summed E-state index contributed by atoms with van der Waals surface area (Å²) in [7, 11) is 0. The molecule has 128 valence electrons. The number of rotatable bonds is 4. The van der Waals surface area contributed by atoms with Gasteiger partial charge in [0.25, 0.3) is 0 Å². The average Bonchev–Trinajstić information content (AvgIpc) is 2.71. The van der Waals surface area contributed by atoms with Crippen LogP contribution in [0.15, 0.2) is 36.4 Å². The molecule has 2 nitrogen and oxygen atoms in total. The van der Waals surface area contributed by atoms with Crippen molar-refractivity contribution < 1.29 is 13.9 Å². The predicted octanol–water partition coefficient (Wildman–Crippen LogP) is 3.55. The normalized spacial score (nSPS) is 15.8. The molecule has 3 rings (SSSR count). The van der Waals surface area contributed by atoms with E-state index in [2.05, 4.69) is 5.32 Å². The van der Waals surface area contributed by atoms with Gasteiger partial charge in [-0.15, -0.1) is 0 Å². The van der Waals surface area contributed by atoms with Gasteiger partial charge in [-0.3, -0.25) is 0 Å². The highest BCUT2D eigenvalue weighted by molar-refractivity contribution is 5.46. The molecule has 1 atom stereocenters. The molecule has 24 heavy (non-hydrogen) atoms. The van der Waals surface area contributed by atoms with Crippen LogP contribution in [0.3, 0.4) is 0 Å². The molecule has 0 fully saturated rings. The third kappa shape index (κ3) is 3.21. The van der Waals surface area contributed by atoms with Crippen LogP contribution < -0.4 is 5.32 Å². The molecule has 0 radical (unpaired) electrons. The molecular formula is C20H23F2NO. The van der Waals surface area contributed by atoms with Crippen LogP contribution in [-0.4, -0.2) is 23.8 Å². The van der Waals surface area contributed by atoms with E-state index in [1.165, 1.54) is 12.1 Å². The van der Waals surface area contributed by atoms with E-state index in [-0.39, 0.29) is 17.7 Å². The molecule has 0 aliphatic heterocycles. The quantitative estimate of drug-likeness (QED) is 0.898. The van der Waals surface area contributed by atoms with Crippen molar-refractivity contribution in [2.24, 2.45) is 0 Å². The van der Waals surface area contributed by atoms with E-state index >= 15 is 0 Å². The molecule has 0 aromatic heterocycles. The highest BCUT2D eigenvalue weighted by atomic mass is 19.1. The van der Waals surface area contributed by atoms with Gasteiger partial charge in [0.2, 0.25) is 0 Å². The van der Waals surface area contributed by atoms with Gasteiger partial charge in [-0.05, 0) is 47.2 Å². The molecule has 2 aromatic rings. The first-order valence-electron chi connectivity index (χ1n) is 8.45. The standard InChI is InChI=1S/C20H23F2NO/c1-12(2)23-11-19(24)20-15-5-3-7-17(21)13(15)9-10-14-16(20)6-4-8-18(14)22/h3-8,12,19-20,23-24H,9-11H2,1-2H3. The Morgan fingerprint density at radius 3 is 1.96 bits per heavy atom. The molecular weight excluding hydrogens is 308 g/mol. The van der Waals surface area contributed by atoms with Crippen molar-refractivity contribution in [3.8, 4) is 0 Å². The maximum atomic E-state index is 14.3. The molecule has 0 saturated carbocycles. The van der Waals surface area contributed by atoms with Gasteiger partial charge in [0.1, 0.15) is 11.6 Å². The largest absolute Gasteiger partial charge is 0.391 e. The van der Waals surface area contributed by atoms with E-state index in [4.69, 9.17) is 0 Å². The lowest BCUT2D eigenvalue weighted by Crippen LogP contribution is -2.36. The SMILES string of the molecule is CC(C)NCC(O)C1c2cccc(F)c2CCc2c(F)cccc21. The Kier molecular flexibility index (Phi) is 4.97. The molecule has 4 heteroatoms. The molecule has 0 saturated heterocycles. The van der Waals surface area contributed by atoms with E-state index in [9.17, 15) is 13.9 Å². The van der Waals surface area contributed by atoms with Crippen molar-refractivity contribution in [1.29, 1.82) is 0 Å². The Morgan fingerprint density at radius 1 is 1.00 bits per heavy atom. The minimum Gasteiger partial charge on any atom is -0.391 e. The number of fused-ring (bicyclic) bond motifs is 2. The topological polar surface area (TPSA) is 32.3 Å². The first-order valence-corrected chi connectivity index (χ1v) is 8.45. The van der Waals surface area contributed by atoms with E-state index in [1.54, 1.807) is 12.1 Å². The summed E-state index contributed by atoms with van der Waals surface area (Å²) in [6.07, 6.45) is 0.125. The van der Waals surface area contributed by atoms with E-state index in [0.29, 0.717) is 30.5 Å². The lowest BCUT2D eigenvalue weighted by atomic mass is 9.83. The molecule has 1 unspecified atom stereocenters. The molecule has 0 spiro atoms. The summed E-state index contributed by atoms with van der Waals surface area (Å²) in [6.45, 7) is 4.37. The second-order valence-corrected chi connectivity index (χ2v) is 6.72. The molecule has 2 aromatic carbocycles. The van der Waals surface area contributed by atoms with Crippen LogP contribution in [-0.2, 0) is 12.8 Å². The van der Waals surface area contributed by atoms with Crippen molar-refractivity contribution >= 4 is 0 Å². The molecule has 0 heterocycles. The monoisotopic (exact) mass is 331 g/mol. The number of aliphatic hydroxyl groups excluding tert-OH is 1. The van der Waals surface area contributed by atoms with Gasteiger partial charge in [0.05, 0.1) is 6.10 Å². The van der Waals surface area contributed by atoms with Crippen molar-refractivity contribution in [1.82, 2.24) is 5.32 Å². The third-order valence-corrected chi connectivity index (χ3v) is 4.73. The zero-order valence-electron chi connectivity index (χ0n) is 14.0. The summed E-state index contributed by atoms with van der Waals surface area (Å²) in [5, 5.41) is 14.0. The zero-order valence-corrected chi connectivity index (χ0v) is 14.0. The number of hydrogen-bond acceptors (Lipinski definition) is 2. The van der Waals surface area contributed by atoms with Gasteiger partial charge in [-0.1, -0.05) is 38.1 Å². The van der Waals surface area contributed by atoms with E-state index in [1.807, 2.05) is 26.0 Å². The molecule has 0 bridgehead atoms. The average molecular weight is 331 g/mol. The lowest BCUT2D eigenvalue weighted by Gasteiger charge is -2.27. The Morgan fingerprint density at radius 2 is 1.50 bits per heavy atom. The van der Waals surface area contributed by atoms with Gasteiger partial charge in [-0.25, -0.2) is 8.78 Å². The van der Waals surface area contributed by atoms with Crippen LogP contribution in [0.25, 0.3) is 0 Å². The summed E-state index contributed by atoms with van der Waals surface area (Å²) in [4.78, 5) is 0. The zero-order chi connectivity index (χ0) is 17.3. The molecule has 1 aliphatic carbocycles. The number of nitrogens with one attached hydrogen (secondary N) is 1. The maximum absolute atomic E-state index is 14.3. The van der Waals surface area contributed by atoms with Gasteiger partial charge >= 0.3 is 0 Å². The fourth-order valence-corrected chi connectivity index (χ4v) is 3.57. The Hall–Kier alpha value is -1.78. The minimum absolute atomic E-state index is 0.226. The predicted molar refractivity (Wildman–Crippen MR) is 91.2 cm³/mol. The van der Waals surface area contributed by atoms with Crippen molar-refractivity contribution in [3.63, 3.8) is 0 Å². The Balaban J connectivity index is 2.11. The lowest BCUT2D eigenvalue weighted by molar-refractivity contribution is 0.150. The fraction of sp³-hybridized carbons (Fsp3) is 0.400. The Bertz CT molecular complexity index is 676. The van der Waals surface area contributed by atoms with Crippen LogP contribution in [0.2, 0.25) is 0 Å². The minimum atomic E-state index is -0.758. The first-order chi connectivity index (χ1) is 11.5. The highest BCUT2D eigenvalue weighted by Crippen LogP contribution is 2.38. The van der Waals surface area contributed by atoms with Gasteiger partial charge in [0, 0.05) is 18.5 Å². The number of aliphatic hydroxyl groups is 1. The highest BCUT2D eigenvalue weighted by Gasteiger charge is 2.31. The maximum Gasteiger partial charge on any atom is 0.126 e. The number of benzene rings is 2. The van der Waals surface area contributed by atoms with Crippen LogP contribution >= 0.6 is 0 Å².